The molecule has 0 spiro atoms. The molecule has 0 aromatic heterocycles. The highest BCUT2D eigenvalue weighted by Gasteiger charge is 2.25. The largest absolute Gasteiger partial charge is 0.0992 e. The Morgan fingerprint density at radius 3 is 2.40 bits per heavy atom. The van der Waals surface area contributed by atoms with Crippen LogP contribution in [0.25, 0.3) is 0 Å². The summed E-state index contributed by atoms with van der Waals surface area (Å²) >= 11 is 0. The van der Waals surface area contributed by atoms with Crippen LogP contribution in [0.1, 0.15) is 32.8 Å². The molecule has 0 heterocycles. The predicted octanol–water partition coefficient (Wildman–Crippen LogP) is 4.49. The minimum Gasteiger partial charge on any atom is -0.0992 e. The van der Waals surface area contributed by atoms with Crippen molar-refractivity contribution in [2.24, 2.45) is 0 Å². The van der Waals surface area contributed by atoms with E-state index in [0.717, 1.165) is 6.42 Å². The lowest BCUT2D eigenvalue weighted by atomic mass is 9.74. The van der Waals surface area contributed by atoms with Crippen LogP contribution in [0.3, 0.4) is 0 Å². The summed E-state index contributed by atoms with van der Waals surface area (Å²) in [6, 6.07) is 10.6. The number of rotatable bonds is 4. The third-order valence-electron chi connectivity index (χ3n) is 3.11. The lowest BCUT2D eigenvalue weighted by Gasteiger charge is -2.29. The molecule has 1 aromatic carbocycles. The molecule has 0 aliphatic heterocycles. The lowest BCUT2D eigenvalue weighted by molar-refractivity contribution is 0.567. The first-order valence-corrected chi connectivity index (χ1v) is 5.44. The molecule has 0 amide bonds. The smallest absolute Gasteiger partial charge is 0.0162 e. The third-order valence-corrected chi connectivity index (χ3v) is 3.11. The van der Waals surface area contributed by atoms with Gasteiger partial charge in [-0.05, 0) is 25.8 Å². The molecule has 0 aliphatic rings. The second kappa shape index (κ2) is 4.97. The normalized spacial score (nSPS) is 15.1. The summed E-state index contributed by atoms with van der Waals surface area (Å²) in [4.78, 5) is 0. The van der Waals surface area contributed by atoms with Crippen molar-refractivity contribution in [2.45, 2.75) is 32.6 Å². The van der Waals surface area contributed by atoms with Crippen molar-refractivity contribution in [3.63, 3.8) is 0 Å². The molecule has 0 bridgehead atoms. The second-order valence-electron chi connectivity index (χ2n) is 4.25. The zero-order valence-electron chi connectivity index (χ0n) is 9.96. The molecule has 0 saturated carbocycles. The van der Waals surface area contributed by atoms with Gasteiger partial charge in [0.1, 0.15) is 0 Å². The van der Waals surface area contributed by atoms with Gasteiger partial charge in [0.15, 0.2) is 0 Å². The van der Waals surface area contributed by atoms with Crippen molar-refractivity contribution in [1.29, 1.82) is 0 Å². The summed E-state index contributed by atoms with van der Waals surface area (Å²) in [5.41, 5.74) is 2.62. The van der Waals surface area contributed by atoms with E-state index in [4.69, 9.17) is 0 Å². The fraction of sp³-hybridized carbons (Fsp3) is 0.333. The zero-order valence-corrected chi connectivity index (χ0v) is 9.96. The van der Waals surface area contributed by atoms with E-state index in [0.29, 0.717) is 0 Å². The van der Waals surface area contributed by atoms with E-state index in [1.807, 2.05) is 0 Å². The molecule has 1 atom stereocenters. The minimum atomic E-state index is 0.0633. The maximum absolute atomic E-state index is 4.12. The highest BCUT2D eigenvalue weighted by atomic mass is 14.3. The van der Waals surface area contributed by atoms with Gasteiger partial charge in [0, 0.05) is 5.41 Å². The molecule has 0 radical (unpaired) electrons. The van der Waals surface area contributed by atoms with Gasteiger partial charge in [-0.3, -0.25) is 0 Å². The summed E-state index contributed by atoms with van der Waals surface area (Å²) < 4.78 is 0. The quantitative estimate of drug-likeness (QED) is 0.628. The Hall–Kier alpha value is -1.30. The van der Waals surface area contributed by atoms with Crippen LogP contribution in [0.15, 0.2) is 54.6 Å². The Morgan fingerprint density at radius 1 is 1.33 bits per heavy atom. The van der Waals surface area contributed by atoms with Crippen molar-refractivity contribution in [1.82, 2.24) is 0 Å². The van der Waals surface area contributed by atoms with E-state index in [9.17, 15) is 0 Å². The Balaban J connectivity index is 3.07. The van der Waals surface area contributed by atoms with E-state index in [1.54, 1.807) is 0 Å². The first-order valence-electron chi connectivity index (χ1n) is 5.44. The van der Waals surface area contributed by atoms with Gasteiger partial charge in [0.25, 0.3) is 0 Å². The topological polar surface area (TPSA) is 0 Å². The highest BCUT2D eigenvalue weighted by Crippen LogP contribution is 2.34. The Bertz CT molecular complexity index is 346. The molecular weight excluding hydrogens is 180 g/mol. The molecule has 15 heavy (non-hydrogen) atoms. The maximum Gasteiger partial charge on any atom is 0.0162 e. The van der Waals surface area contributed by atoms with Gasteiger partial charge in [-0.2, -0.15) is 0 Å². The highest BCUT2D eigenvalue weighted by molar-refractivity contribution is 5.34. The van der Waals surface area contributed by atoms with Gasteiger partial charge in [-0.25, -0.2) is 0 Å². The molecule has 80 valence electrons. The number of benzene rings is 1. The fourth-order valence-corrected chi connectivity index (χ4v) is 1.70. The number of allylic oxidation sites excluding steroid dienone is 3. The second-order valence-corrected chi connectivity index (χ2v) is 4.25. The maximum atomic E-state index is 4.12. The Kier molecular flexibility index (Phi) is 3.90. The first-order chi connectivity index (χ1) is 7.11. The molecule has 0 nitrogen and oxygen atoms in total. The van der Waals surface area contributed by atoms with Crippen molar-refractivity contribution >= 4 is 0 Å². The van der Waals surface area contributed by atoms with Gasteiger partial charge in [0.2, 0.25) is 0 Å². The Morgan fingerprint density at radius 2 is 1.93 bits per heavy atom. The number of hydrogen-bond acceptors (Lipinski definition) is 0. The molecule has 1 aromatic rings. The van der Waals surface area contributed by atoms with Gasteiger partial charge in [-0.15, -0.1) is 0 Å². The zero-order chi connectivity index (χ0) is 11.3. The van der Waals surface area contributed by atoms with Gasteiger partial charge >= 0.3 is 0 Å². The van der Waals surface area contributed by atoms with Crippen molar-refractivity contribution in [3.8, 4) is 0 Å². The molecular formula is C15H20. The summed E-state index contributed by atoms with van der Waals surface area (Å²) in [5, 5.41) is 0. The van der Waals surface area contributed by atoms with Gasteiger partial charge in [0.05, 0.1) is 0 Å². The SMILES string of the molecule is C=C(C)C(C)(C/C=C/C)c1ccccc1. The van der Waals surface area contributed by atoms with E-state index in [-0.39, 0.29) is 5.41 Å². The molecule has 0 saturated heterocycles. The average Bonchev–Trinajstić information content (AvgIpc) is 2.27. The summed E-state index contributed by atoms with van der Waals surface area (Å²) in [6.07, 6.45) is 5.33. The average molecular weight is 200 g/mol. The van der Waals surface area contributed by atoms with Gasteiger partial charge < -0.3 is 0 Å². The molecule has 1 unspecified atom stereocenters. The van der Waals surface area contributed by atoms with Crippen LogP contribution >= 0.6 is 0 Å². The van der Waals surface area contributed by atoms with Gasteiger partial charge in [-0.1, -0.05) is 61.6 Å². The monoisotopic (exact) mass is 200 g/mol. The fourth-order valence-electron chi connectivity index (χ4n) is 1.70. The molecule has 0 fully saturated rings. The van der Waals surface area contributed by atoms with Crippen molar-refractivity contribution < 1.29 is 0 Å². The minimum absolute atomic E-state index is 0.0633. The number of hydrogen-bond donors (Lipinski definition) is 0. The van der Waals surface area contributed by atoms with Crippen molar-refractivity contribution in [3.05, 3.63) is 60.2 Å². The summed E-state index contributed by atoms with van der Waals surface area (Å²) in [7, 11) is 0. The molecule has 0 N–H and O–H groups in total. The van der Waals surface area contributed by atoms with Crippen LogP contribution in [-0.4, -0.2) is 0 Å². The third kappa shape index (κ3) is 2.59. The summed E-state index contributed by atoms with van der Waals surface area (Å²) in [6.45, 7) is 10.5. The van der Waals surface area contributed by atoms with E-state index in [1.165, 1.54) is 11.1 Å². The van der Waals surface area contributed by atoms with Crippen LogP contribution in [0, 0.1) is 0 Å². The van der Waals surface area contributed by atoms with E-state index in [2.05, 4.69) is 69.8 Å². The lowest BCUT2D eigenvalue weighted by Crippen LogP contribution is -2.22. The first kappa shape index (κ1) is 11.8. The van der Waals surface area contributed by atoms with E-state index >= 15 is 0 Å². The molecule has 0 aliphatic carbocycles. The Labute approximate surface area is 93.3 Å². The van der Waals surface area contributed by atoms with Crippen LogP contribution in [0.4, 0.5) is 0 Å². The predicted molar refractivity (Wildman–Crippen MR) is 68.0 cm³/mol. The van der Waals surface area contributed by atoms with Crippen LogP contribution in [-0.2, 0) is 5.41 Å². The van der Waals surface area contributed by atoms with Crippen LogP contribution < -0.4 is 0 Å². The van der Waals surface area contributed by atoms with E-state index < -0.39 is 0 Å². The van der Waals surface area contributed by atoms with Crippen LogP contribution in [0.2, 0.25) is 0 Å². The van der Waals surface area contributed by atoms with Crippen molar-refractivity contribution in [2.75, 3.05) is 0 Å². The standard InChI is InChI=1S/C15H20/c1-5-6-12-15(4,13(2)3)14-10-8-7-9-11-14/h5-11H,2,12H2,1,3-4H3/b6-5+. The molecule has 1 rings (SSSR count). The van der Waals surface area contributed by atoms with Crippen LogP contribution in [0.5, 0.6) is 0 Å². The molecule has 0 heteroatoms. The summed E-state index contributed by atoms with van der Waals surface area (Å²) in [5.74, 6) is 0.